The van der Waals surface area contributed by atoms with Crippen LogP contribution < -0.4 is 5.32 Å². The Morgan fingerprint density at radius 1 is 1.27 bits per heavy atom. The first-order valence-electron chi connectivity index (χ1n) is 10.2. The number of carbonyl (C=O) groups is 2. The Kier molecular flexibility index (Phi) is 6.64. The number of hydrogen-bond acceptors (Lipinski definition) is 6. The van der Waals surface area contributed by atoms with Crippen LogP contribution >= 0.6 is 11.3 Å². The van der Waals surface area contributed by atoms with E-state index >= 15 is 0 Å². The topological polar surface area (TPSA) is 91.8 Å². The van der Waals surface area contributed by atoms with Gasteiger partial charge in [0, 0.05) is 38.4 Å². The van der Waals surface area contributed by atoms with Gasteiger partial charge in [0.25, 0.3) is 5.91 Å². The zero-order valence-electron chi connectivity index (χ0n) is 18.6. The van der Waals surface area contributed by atoms with Crippen molar-refractivity contribution in [3.8, 4) is 11.8 Å². The van der Waals surface area contributed by atoms with Crippen molar-refractivity contribution in [3.05, 3.63) is 28.3 Å². The largest absolute Gasteiger partial charge is 0.444 e. The van der Waals surface area contributed by atoms with Gasteiger partial charge in [0.1, 0.15) is 16.9 Å². The fraction of sp³-hybridized carbons (Fsp3) is 0.500. The number of nitrogens with zero attached hydrogens (tertiary/aromatic N) is 2. The third-order valence-corrected chi connectivity index (χ3v) is 5.97. The minimum Gasteiger partial charge on any atom is -0.444 e. The van der Waals surface area contributed by atoms with E-state index in [1.807, 2.05) is 0 Å². The summed E-state index contributed by atoms with van der Waals surface area (Å²) >= 11 is 0.782. The van der Waals surface area contributed by atoms with Crippen LogP contribution in [-0.2, 0) is 10.9 Å². The van der Waals surface area contributed by atoms with Crippen LogP contribution in [0.1, 0.15) is 55.2 Å². The molecule has 2 N–H and O–H groups in total. The average Bonchev–Trinajstić information content (AvgIpc) is 3.13. The van der Waals surface area contributed by atoms with Gasteiger partial charge in [-0.3, -0.25) is 4.79 Å². The lowest BCUT2D eigenvalue weighted by Gasteiger charge is -2.35. The van der Waals surface area contributed by atoms with Gasteiger partial charge in [-0.2, -0.15) is 13.2 Å². The Morgan fingerprint density at radius 3 is 2.45 bits per heavy atom. The third-order valence-electron chi connectivity index (χ3n) is 4.97. The summed E-state index contributed by atoms with van der Waals surface area (Å²) < 4.78 is 46.0. The summed E-state index contributed by atoms with van der Waals surface area (Å²) in [5.74, 6) is 4.61. The Hall–Kier alpha value is -2.84. The number of ether oxygens (including phenoxy) is 1. The SMILES string of the molecule is CNC(=O)c1csc2c(C(F)(F)F)cc(C#CC3(O)CCN(C(=O)OC(C)(C)C)CC3)nc12. The second kappa shape index (κ2) is 8.83. The highest BCUT2D eigenvalue weighted by Crippen LogP contribution is 2.38. The molecule has 0 atom stereocenters. The first-order valence-corrected chi connectivity index (χ1v) is 11.1. The van der Waals surface area contributed by atoms with Crippen molar-refractivity contribution < 1.29 is 32.6 Å². The maximum atomic E-state index is 13.6. The molecule has 2 aromatic heterocycles. The summed E-state index contributed by atoms with van der Waals surface area (Å²) in [5, 5.41) is 14.5. The van der Waals surface area contributed by atoms with Crippen LogP contribution in [-0.4, -0.2) is 58.3 Å². The molecule has 178 valence electrons. The van der Waals surface area contributed by atoms with Gasteiger partial charge in [0.05, 0.1) is 21.3 Å². The Balaban J connectivity index is 1.88. The molecule has 33 heavy (non-hydrogen) atoms. The molecule has 1 fully saturated rings. The fourth-order valence-corrected chi connectivity index (χ4v) is 4.29. The molecule has 0 saturated carbocycles. The lowest BCUT2D eigenvalue weighted by Crippen LogP contribution is -2.47. The fourth-order valence-electron chi connectivity index (χ4n) is 3.27. The lowest BCUT2D eigenvalue weighted by atomic mass is 9.92. The normalized spacial score (nSPS) is 16.2. The number of pyridine rings is 1. The number of hydrogen-bond donors (Lipinski definition) is 2. The third kappa shape index (κ3) is 5.75. The summed E-state index contributed by atoms with van der Waals surface area (Å²) in [5.41, 5.74) is -3.36. The van der Waals surface area contributed by atoms with Gasteiger partial charge in [-0.05, 0) is 32.8 Å². The number of fused-ring (bicyclic) bond motifs is 1. The van der Waals surface area contributed by atoms with E-state index in [-0.39, 0.29) is 47.4 Å². The second-order valence-corrected chi connectivity index (χ2v) is 9.59. The molecule has 1 saturated heterocycles. The molecule has 3 rings (SSSR count). The van der Waals surface area contributed by atoms with Crippen LogP contribution in [0.25, 0.3) is 10.2 Å². The molecule has 3 heterocycles. The Morgan fingerprint density at radius 2 is 1.91 bits per heavy atom. The molecule has 0 spiro atoms. The Bertz CT molecular complexity index is 1130. The smallest absolute Gasteiger partial charge is 0.417 e. The Labute approximate surface area is 192 Å². The summed E-state index contributed by atoms with van der Waals surface area (Å²) in [6.07, 6.45) is -4.96. The van der Waals surface area contributed by atoms with Crippen LogP contribution in [0.4, 0.5) is 18.0 Å². The number of carbonyl (C=O) groups excluding carboxylic acids is 2. The monoisotopic (exact) mass is 483 g/mol. The van der Waals surface area contributed by atoms with E-state index in [0.29, 0.717) is 0 Å². The van der Waals surface area contributed by atoms with Crippen LogP contribution in [0.15, 0.2) is 11.4 Å². The van der Waals surface area contributed by atoms with Crippen molar-refractivity contribution in [1.29, 1.82) is 0 Å². The molecule has 1 aliphatic heterocycles. The molecule has 2 amide bonds. The highest BCUT2D eigenvalue weighted by atomic mass is 32.1. The number of amides is 2. The summed E-state index contributed by atoms with van der Waals surface area (Å²) in [7, 11) is 1.37. The van der Waals surface area contributed by atoms with Crippen LogP contribution in [0.5, 0.6) is 0 Å². The van der Waals surface area contributed by atoms with E-state index in [2.05, 4.69) is 22.1 Å². The van der Waals surface area contributed by atoms with E-state index in [1.54, 1.807) is 20.8 Å². The molecule has 0 aliphatic carbocycles. The van der Waals surface area contributed by atoms with E-state index in [1.165, 1.54) is 17.3 Å². The highest BCUT2D eigenvalue weighted by molar-refractivity contribution is 7.17. The summed E-state index contributed by atoms with van der Waals surface area (Å²) in [6, 6.07) is 0.818. The molecule has 0 radical (unpaired) electrons. The van der Waals surface area contributed by atoms with Gasteiger partial charge in [0.2, 0.25) is 0 Å². The predicted molar refractivity (Wildman–Crippen MR) is 117 cm³/mol. The van der Waals surface area contributed by atoms with E-state index < -0.39 is 34.9 Å². The van der Waals surface area contributed by atoms with Crippen molar-refractivity contribution in [1.82, 2.24) is 15.2 Å². The highest BCUT2D eigenvalue weighted by Gasteiger charge is 2.36. The number of likely N-dealkylation sites (tertiary alicyclic amines) is 1. The number of alkyl halides is 3. The van der Waals surface area contributed by atoms with Crippen molar-refractivity contribution in [2.75, 3.05) is 20.1 Å². The van der Waals surface area contributed by atoms with Crippen molar-refractivity contribution >= 4 is 33.6 Å². The quantitative estimate of drug-likeness (QED) is 0.603. The van der Waals surface area contributed by atoms with Crippen molar-refractivity contribution in [2.45, 2.75) is 51.0 Å². The number of halogens is 3. The van der Waals surface area contributed by atoms with E-state index in [0.717, 1.165) is 17.4 Å². The predicted octanol–water partition coefficient (Wildman–Crippen LogP) is 3.79. The van der Waals surface area contributed by atoms with E-state index in [4.69, 9.17) is 4.74 Å². The van der Waals surface area contributed by atoms with Gasteiger partial charge >= 0.3 is 12.3 Å². The molecule has 0 bridgehead atoms. The maximum absolute atomic E-state index is 13.6. The second-order valence-electron chi connectivity index (χ2n) is 8.71. The number of aliphatic hydroxyl groups is 1. The average molecular weight is 484 g/mol. The number of nitrogens with one attached hydrogen (secondary N) is 1. The summed E-state index contributed by atoms with van der Waals surface area (Å²) in [4.78, 5) is 29.8. The summed E-state index contributed by atoms with van der Waals surface area (Å²) in [6.45, 7) is 5.62. The van der Waals surface area contributed by atoms with E-state index in [9.17, 15) is 27.9 Å². The standard InChI is InChI=1S/C22H24F3N3O4S/c1-20(2,3)32-19(30)28-9-7-21(31,8-10-28)6-5-13-11-15(22(23,24)25)17-16(27-13)14(12-33-17)18(29)26-4/h11-12,31H,7-10H2,1-4H3,(H,26,29). The maximum Gasteiger partial charge on any atom is 0.417 e. The molecular weight excluding hydrogens is 459 g/mol. The first kappa shape index (κ1) is 24.8. The van der Waals surface area contributed by atoms with Crippen LogP contribution in [0, 0.1) is 11.8 Å². The zero-order chi connectivity index (χ0) is 24.6. The number of piperidine rings is 1. The number of aromatic nitrogens is 1. The van der Waals surface area contributed by atoms with Gasteiger partial charge in [-0.25, -0.2) is 9.78 Å². The number of rotatable bonds is 1. The molecule has 11 heteroatoms. The van der Waals surface area contributed by atoms with Crippen LogP contribution in [0.3, 0.4) is 0 Å². The molecule has 1 aliphatic rings. The zero-order valence-corrected chi connectivity index (χ0v) is 19.4. The van der Waals surface area contributed by atoms with Gasteiger partial charge in [-0.15, -0.1) is 11.3 Å². The molecule has 7 nitrogen and oxygen atoms in total. The lowest BCUT2D eigenvalue weighted by molar-refractivity contribution is -0.136. The first-order chi connectivity index (χ1) is 15.2. The van der Waals surface area contributed by atoms with Crippen molar-refractivity contribution in [3.63, 3.8) is 0 Å². The van der Waals surface area contributed by atoms with Gasteiger partial charge in [0.15, 0.2) is 0 Å². The minimum atomic E-state index is -4.67. The van der Waals surface area contributed by atoms with Gasteiger partial charge in [-0.1, -0.05) is 5.92 Å². The minimum absolute atomic E-state index is 0.0241. The molecule has 0 aromatic carbocycles. The molecule has 0 unspecified atom stereocenters. The van der Waals surface area contributed by atoms with Crippen molar-refractivity contribution in [2.24, 2.45) is 0 Å². The van der Waals surface area contributed by atoms with Gasteiger partial charge < -0.3 is 20.1 Å². The van der Waals surface area contributed by atoms with Crippen LogP contribution in [0.2, 0.25) is 0 Å². The molecular formula is C22H24F3N3O4S. The number of thiophene rings is 1. The molecule has 2 aromatic rings.